The molecule has 1 saturated heterocycles. The van der Waals surface area contributed by atoms with E-state index in [0.29, 0.717) is 17.5 Å². The van der Waals surface area contributed by atoms with Crippen LogP contribution in [0.1, 0.15) is 22.6 Å². The van der Waals surface area contributed by atoms with Crippen LogP contribution in [0.4, 0.5) is 18.9 Å². The lowest BCUT2D eigenvalue weighted by atomic mass is 10.2. The van der Waals surface area contributed by atoms with Gasteiger partial charge in [0.2, 0.25) is 5.91 Å². The van der Waals surface area contributed by atoms with Crippen LogP contribution in [0.3, 0.4) is 0 Å². The molecule has 2 N–H and O–H groups in total. The van der Waals surface area contributed by atoms with Gasteiger partial charge in [0, 0.05) is 30.8 Å². The predicted octanol–water partition coefficient (Wildman–Crippen LogP) is 1.97. The SMILES string of the molecule is COc1cccc(N2C[C@H](NC(=O)c3cc(C(F)(F)F)[nH]n3)CC2=O)c1. The Kier molecular flexibility index (Phi) is 4.58. The molecule has 2 heterocycles. The molecule has 0 radical (unpaired) electrons. The van der Waals surface area contributed by atoms with Crippen molar-refractivity contribution >= 4 is 17.5 Å². The lowest BCUT2D eigenvalue weighted by Crippen LogP contribution is -2.37. The van der Waals surface area contributed by atoms with E-state index in [1.165, 1.54) is 12.0 Å². The Morgan fingerprint density at radius 3 is 2.81 bits per heavy atom. The van der Waals surface area contributed by atoms with E-state index < -0.39 is 23.8 Å². The topological polar surface area (TPSA) is 87.3 Å². The number of halogens is 3. The van der Waals surface area contributed by atoms with Crippen molar-refractivity contribution in [2.75, 3.05) is 18.6 Å². The molecule has 0 bridgehead atoms. The van der Waals surface area contributed by atoms with Crippen LogP contribution in [0.5, 0.6) is 5.75 Å². The number of anilines is 1. The second-order valence-corrected chi connectivity index (χ2v) is 5.74. The number of benzene rings is 1. The number of ether oxygens (including phenoxy) is 1. The van der Waals surface area contributed by atoms with Gasteiger partial charge in [0.25, 0.3) is 5.91 Å². The van der Waals surface area contributed by atoms with Crippen molar-refractivity contribution in [3.63, 3.8) is 0 Å². The molecule has 2 aromatic rings. The first-order chi connectivity index (χ1) is 12.3. The first-order valence-electron chi connectivity index (χ1n) is 7.66. The Morgan fingerprint density at radius 1 is 1.38 bits per heavy atom. The molecular formula is C16H15F3N4O3. The molecule has 0 saturated carbocycles. The minimum atomic E-state index is -4.61. The van der Waals surface area contributed by atoms with Crippen molar-refractivity contribution in [2.24, 2.45) is 0 Å². The van der Waals surface area contributed by atoms with E-state index in [2.05, 4.69) is 10.4 Å². The number of nitrogens with one attached hydrogen (secondary N) is 2. The highest BCUT2D eigenvalue weighted by Crippen LogP contribution is 2.28. The fourth-order valence-electron chi connectivity index (χ4n) is 2.67. The normalized spacial score (nSPS) is 17.5. The number of H-pyrrole nitrogens is 1. The minimum Gasteiger partial charge on any atom is -0.497 e. The molecule has 7 nitrogen and oxygen atoms in total. The minimum absolute atomic E-state index is 0.0412. The molecule has 0 spiro atoms. The van der Waals surface area contributed by atoms with Crippen LogP contribution in [-0.4, -0.2) is 41.7 Å². The molecule has 26 heavy (non-hydrogen) atoms. The Bertz CT molecular complexity index is 834. The van der Waals surface area contributed by atoms with Crippen molar-refractivity contribution < 1.29 is 27.5 Å². The number of amides is 2. The predicted molar refractivity (Wildman–Crippen MR) is 84.8 cm³/mol. The van der Waals surface area contributed by atoms with Crippen LogP contribution in [0, 0.1) is 0 Å². The lowest BCUT2D eigenvalue weighted by Gasteiger charge is -2.17. The summed E-state index contributed by atoms with van der Waals surface area (Å²) < 4.78 is 42.8. The van der Waals surface area contributed by atoms with Gasteiger partial charge in [-0.15, -0.1) is 0 Å². The molecule has 1 aromatic carbocycles. The van der Waals surface area contributed by atoms with Crippen LogP contribution in [0.2, 0.25) is 0 Å². The van der Waals surface area contributed by atoms with E-state index in [1.807, 2.05) is 0 Å². The Hall–Kier alpha value is -3.04. The van der Waals surface area contributed by atoms with Gasteiger partial charge in [-0.1, -0.05) is 6.07 Å². The summed E-state index contributed by atoms with van der Waals surface area (Å²) in [6.45, 7) is 0.203. The maximum Gasteiger partial charge on any atom is 0.432 e. The number of hydrogen-bond acceptors (Lipinski definition) is 4. The highest BCUT2D eigenvalue weighted by molar-refractivity contribution is 5.98. The van der Waals surface area contributed by atoms with Crippen LogP contribution in [0.15, 0.2) is 30.3 Å². The quantitative estimate of drug-likeness (QED) is 0.864. The number of nitrogens with zero attached hydrogens (tertiary/aromatic N) is 2. The number of carbonyl (C=O) groups excluding carboxylic acids is 2. The largest absolute Gasteiger partial charge is 0.497 e. The Morgan fingerprint density at radius 2 is 2.15 bits per heavy atom. The molecule has 0 aliphatic carbocycles. The highest BCUT2D eigenvalue weighted by Gasteiger charge is 2.35. The van der Waals surface area contributed by atoms with Gasteiger partial charge >= 0.3 is 6.18 Å². The first kappa shape index (κ1) is 17.8. The average molecular weight is 368 g/mol. The van der Waals surface area contributed by atoms with Crippen LogP contribution >= 0.6 is 0 Å². The molecule has 0 unspecified atom stereocenters. The van der Waals surface area contributed by atoms with Gasteiger partial charge in [-0.2, -0.15) is 18.3 Å². The standard InChI is InChI=1S/C16H15F3N4O3/c1-26-11-4-2-3-10(6-11)23-8-9(5-14(23)24)20-15(25)12-7-13(22-21-12)16(17,18)19/h2-4,6-7,9H,5,8H2,1H3,(H,20,25)(H,21,22)/t9-/m1/s1. The smallest absolute Gasteiger partial charge is 0.432 e. The Balaban J connectivity index is 1.67. The maximum absolute atomic E-state index is 12.6. The van der Waals surface area contributed by atoms with E-state index in [-0.39, 0.29) is 24.6 Å². The summed E-state index contributed by atoms with van der Waals surface area (Å²) in [5.41, 5.74) is -0.877. The van der Waals surface area contributed by atoms with E-state index in [1.54, 1.807) is 29.4 Å². The molecular weight excluding hydrogens is 353 g/mol. The average Bonchev–Trinajstić information content (AvgIpc) is 3.21. The molecule has 1 atom stereocenters. The van der Waals surface area contributed by atoms with Gasteiger partial charge in [0.05, 0.1) is 13.2 Å². The third-order valence-corrected chi connectivity index (χ3v) is 3.94. The van der Waals surface area contributed by atoms with Crippen molar-refractivity contribution in [1.82, 2.24) is 15.5 Å². The third-order valence-electron chi connectivity index (χ3n) is 3.94. The van der Waals surface area contributed by atoms with Crippen LogP contribution < -0.4 is 15.0 Å². The number of rotatable bonds is 4. The van der Waals surface area contributed by atoms with Crippen molar-refractivity contribution in [1.29, 1.82) is 0 Å². The molecule has 1 aliphatic heterocycles. The number of hydrogen-bond donors (Lipinski definition) is 2. The first-order valence-corrected chi connectivity index (χ1v) is 7.66. The monoisotopic (exact) mass is 368 g/mol. The summed E-state index contributed by atoms with van der Waals surface area (Å²) in [4.78, 5) is 25.8. The summed E-state index contributed by atoms with van der Waals surface area (Å²) in [5, 5.41) is 7.69. The number of aromatic nitrogens is 2. The van der Waals surface area contributed by atoms with Gasteiger partial charge in [0.1, 0.15) is 11.4 Å². The molecule has 1 aliphatic rings. The zero-order chi connectivity index (χ0) is 18.9. The molecule has 138 valence electrons. The van der Waals surface area contributed by atoms with E-state index in [4.69, 9.17) is 4.74 Å². The van der Waals surface area contributed by atoms with Crippen molar-refractivity contribution in [2.45, 2.75) is 18.6 Å². The molecule has 1 fully saturated rings. The fraction of sp³-hybridized carbons (Fsp3) is 0.312. The van der Waals surface area contributed by atoms with E-state index in [9.17, 15) is 22.8 Å². The van der Waals surface area contributed by atoms with Crippen molar-refractivity contribution in [3.05, 3.63) is 41.7 Å². The Labute approximate surface area is 146 Å². The van der Waals surface area contributed by atoms with Gasteiger partial charge in [-0.25, -0.2) is 0 Å². The number of alkyl halides is 3. The molecule has 10 heteroatoms. The van der Waals surface area contributed by atoms with Crippen LogP contribution in [0.25, 0.3) is 0 Å². The number of aromatic amines is 1. The van der Waals surface area contributed by atoms with E-state index in [0.717, 1.165) is 0 Å². The van der Waals surface area contributed by atoms with Gasteiger partial charge in [0.15, 0.2) is 5.69 Å². The summed E-state index contributed by atoms with van der Waals surface area (Å²) in [6.07, 6.45) is -4.57. The van der Waals surface area contributed by atoms with Gasteiger partial charge < -0.3 is 15.0 Å². The zero-order valence-electron chi connectivity index (χ0n) is 13.6. The highest BCUT2D eigenvalue weighted by atomic mass is 19.4. The second kappa shape index (κ2) is 6.70. The molecule has 3 rings (SSSR count). The van der Waals surface area contributed by atoms with Gasteiger partial charge in [-0.3, -0.25) is 14.7 Å². The molecule has 2 amide bonds. The summed E-state index contributed by atoms with van der Waals surface area (Å²) in [5.74, 6) is -0.400. The maximum atomic E-state index is 12.6. The number of carbonyl (C=O) groups is 2. The van der Waals surface area contributed by atoms with Crippen LogP contribution in [-0.2, 0) is 11.0 Å². The second-order valence-electron chi connectivity index (χ2n) is 5.74. The summed E-state index contributed by atoms with van der Waals surface area (Å²) in [6, 6.07) is 6.98. The lowest BCUT2D eigenvalue weighted by molar-refractivity contribution is -0.141. The fourth-order valence-corrected chi connectivity index (χ4v) is 2.67. The third kappa shape index (κ3) is 3.63. The summed E-state index contributed by atoms with van der Waals surface area (Å²) >= 11 is 0. The zero-order valence-corrected chi connectivity index (χ0v) is 13.6. The number of methoxy groups -OCH3 is 1. The summed E-state index contributed by atoms with van der Waals surface area (Å²) in [7, 11) is 1.51. The molecule has 1 aromatic heterocycles. The van der Waals surface area contributed by atoms with Gasteiger partial charge in [-0.05, 0) is 12.1 Å². The van der Waals surface area contributed by atoms with E-state index >= 15 is 0 Å². The van der Waals surface area contributed by atoms with Crippen molar-refractivity contribution in [3.8, 4) is 5.75 Å².